The van der Waals surface area contributed by atoms with E-state index in [4.69, 9.17) is 0 Å². The lowest BCUT2D eigenvalue weighted by Gasteiger charge is -2.43. The standard InChI is InChI=1S/C20H24N2O2/c1-14-13-22(11-10-20(14,24)17-7-8-17)19(23)21-18-9-6-15-4-2-3-5-16(15)12-18/h2-6,9,12,14,17,24H,7-8,10-11,13H2,1H3,(H,21,23)/t14-,20+/m1/s1. The molecule has 1 aliphatic carbocycles. The number of hydrogen-bond donors (Lipinski definition) is 2. The van der Waals surface area contributed by atoms with Gasteiger partial charge in [0.15, 0.2) is 0 Å². The highest BCUT2D eigenvalue weighted by Crippen LogP contribution is 2.47. The van der Waals surface area contributed by atoms with Crippen LogP contribution in [0.15, 0.2) is 42.5 Å². The monoisotopic (exact) mass is 324 g/mol. The fourth-order valence-electron chi connectivity index (χ4n) is 3.98. The number of benzene rings is 2. The van der Waals surface area contributed by atoms with Gasteiger partial charge in [0, 0.05) is 24.7 Å². The zero-order valence-corrected chi connectivity index (χ0v) is 14.0. The molecule has 2 atom stereocenters. The number of carbonyl (C=O) groups excluding carboxylic acids is 1. The van der Waals surface area contributed by atoms with Gasteiger partial charge in [-0.25, -0.2) is 4.79 Å². The molecule has 2 fully saturated rings. The number of carbonyl (C=O) groups is 1. The van der Waals surface area contributed by atoms with E-state index in [2.05, 4.69) is 18.3 Å². The number of anilines is 1. The molecule has 1 saturated heterocycles. The van der Waals surface area contributed by atoms with E-state index in [0.717, 1.165) is 29.3 Å². The number of hydrogen-bond acceptors (Lipinski definition) is 2. The van der Waals surface area contributed by atoms with Gasteiger partial charge in [0.2, 0.25) is 0 Å². The van der Waals surface area contributed by atoms with Crippen LogP contribution in [0.4, 0.5) is 10.5 Å². The fourth-order valence-corrected chi connectivity index (χ4v) is 3.98. The van der Waals surface area contributed by atoms with E-state index in [9.17, 15) is 9.90 Å². The fraction of sp³-hybridized carbons (Fsp3) is 0.450. The molecule has 4 nitrogen and oxygen atoms in total. The van der Waals surface area contributed by atoms with Crippen LogP contribution in [-0.2, 0) is 0 Å². The van der Waals surface area contributed by atoms with Crippen molar-refractivity contribution < 1.29 is 9.90 Å². The topological polar surface area (TPSA) is 52.6 Å². The Morgan fingerprint density at radius 3 is 2.67 bits per heavy atom. The zero-order valence-electron chi connectivity index (χ0n) is 14.0. The second-order valence-electron chi connectivity index (χ2n) is 7.35. The van der Waals surface area contributed by atoms with Crippen LogP contribution in [-0.4, -0.2) is 34.7 Å². The summed E-state index contributed by atoms with van der Waals surface area (Å²) >= 11 is 0. The largest absolute Gasteiger partial charge is 0.389 e. The number of urea groups is 1. The number of nitrogens with one attached hydrogen (secondary N) is 1. The third-order valence-electron chi connectivity index (χ3n) is 5.70. The first-order valence-corrected chi connectivity index (χ1v) is 8.83. The van der Waals surface area contributed by atoms with E-state index in [-0.39, 0.29) is 11.9 Å². The predicted octanol–water partition coefficient (Wildman–Crippen LogP) is 3.85. The summed E-state index contributed by atoms with van der Waals surface area (Å²) in [6, 6.07) is 14.0. The van der Waals surface area contributed by atoms with Gasteiger partial charge in [-0.15, -0.1) is 0 Å². The first-order chi connectivity index (χ1) is 11.6. The second-order valence-corrected chi connectivity index (χ2v) is 7.35. The number of likely N-dealkylation sites (tertiary alicyclic amines) is 1. The van der Waals surface area contributed by atoms with E-state index in [0.29, 0.717) is 25.4 Å². The van der Waals surface area contributed by atoms with Crippen LogP contribution in [0.3, 0.4) is 0 Å². The molecule has 24 heavy (non-hydrogen) atoms. The number of nitrogens with zero attached hydrogens (tertiary/aromatic N) is 1. The molecule has 2 aromatic rings. The lowest BCUT2D eigenvalue weighted by Crippen LogP contribution is -2.54. The molecule has 0 radical (unpaired) electrons. The third-order valence-corrected chi connectivity index (χ3v) is 5.70. The summed E-state index contributed by atoms with van der Waals surface area (Å²) in [5.74, 6) is 0.569. The Morgan fingerprint density at radius 1 is 1.21 bits per heavy atom. The van der Waals surface area contributed by atoms with Crippen molar-refractivity contribution in [3.05, 3.63) is 42.5 Å². The molecule has 2 N–H and O–H groups in total. The molecule has 1 aliphatic heterocycles. The van der Waals surface area contributed by atoms with E-state index >= 15 is 0 Å². The highest BCUT2D eigenvalue weighted by Gasteiger charge is 2.50. The number of aliphatic hydroxyl groups is 1. The van der Waals surface area contributed by atoms with Gasteiger partial charge in [-0.1, -0.05) is 37.3 Å². The van der Waals surface area contributed by atoms with Crippen molar-refractivity contribution in [1.29, 1.82) is 0 Å². The normalized spacial score (nSPS) is 27.2. The average molecular weight is 324 g/mol. The van der Waals surface area contributed by atoms with E-state index < -0.39 is 5.60 Å². The second kappa shape index (κ2) is 5.78. The minimum Gasteiger partial charge on any atom is -0.389 e. The number of piperidine rings is 1. The van der Waals surface area contributed by atoms with Crippen LogP contribution in [0, 0.1) is 11.8 Å². The molecule has 4 heteroatoms. The summed E-state index contributed by atoms with van der Waals surface area (Å²) in [7, 11) is 0. The molecule has 4 rings (SSSR count). The van der Waals surface area contributed by atoms with Crippen LogP contribution >= 0.6 is 0 Å². The van der Waals surface area contributed by atoms with Crippen LogP contribution in [0.2, 0.25) is 0 Å². The van der Waals surface area contributed by atoms with Crippen molar-refractivity contribution in [2.24, 2.45) is 11.8 Å². The summed E-state index contributed by atoms with van der Waals surface area (Å²) in [5.41, 5.74) is 0.245. The Kier molecular flexibility index (Phi) is 3.72. The Bertz CT molecular complexity index is 771. The number of rotatable bonds is 2. The molecule has 0 spiro atoms. The molecular formula is C20H24N2O2. The Hall–Kier alpha value is -2.07. The molecular weight excluding hydrogens is 300 g/mol. The minimum atomic E-state index is -0.570. The Labute approximate surface area is 142 Å². The van der Waals surface area contributed by atoms with Gasteiger partial charge < -0.3 is 15.3 Å². The summed E-state index contributed by atoms with van der Waals surface area (Å²) in [6.07, 6.45) is 2.94. The smallest absolute Gasteiger partial charge is 0.321 e. The average Bonchev–Trinajstić information content (AvgIpc) is 3.42. The van der Waals surface area contributed by atoms with Gasteiger partial charge in [0.05, 0.1) is 5.60 Å². The minimum absolute atomic E-state index is 0.0741. The molecule has 1 heterocycles. The maximum absolute atomic E-state index is 12.6. The quantitative estimate of drug-likeness (QED) is 0.881. The van der Waals surface area contributed by atoms with Crippen molar-refractivity contribution >= 4 is 22.5 Å². The molecule has 2 aliphatic rings. The third kappa shape index (κ3) is 2.75. The summed E-state index contributed by atoms with van der Waals surface area (Å²) in [6.45, 7) is 3.30. The van der Waals surface area contributed by atoms with Gasteiger partial charge >= 0.3 is 6.03 Å². The molecule has 2 amide bonds. The molecule has 0 aromatic heterocycles. The van der Waals surface area contributed by atoms with E-state index in [1.54, 1.807) is 0 Å². The maximum Gasteiger partial charge on any atom is 0.321 e. The van der Waals surface area contributed by atoms with Gasteiger partial charge in [0.25, 0.3) is 0 Å². The van der Waals surface area contributed by atoms with E-state index in [1.165, 1.54) is 0 Å². The molecule has 0 unspecified atom stereocenters. The molecule has 2 aromatic carbocycles. The van der Waals surface area contributed by atoms with Crippen molar-refractivity contribution in [2.75, 3.05) is 18.4 Å². The summed E-state index contributed by atoms with van der Waals surface area (Å²) < 4.78 is 0. The van der Waals surface area contributed by atoms with Crippen LogP contribution < -0.4 is 5.32 Å². The highest BCUT2D eigenvalue weighted by molar-refractivity contribution is 5.93. The van der Waals surface area contributed by atoms with E-state index in [1.807, 2.05) is 41.3 Å². The van der Waals surface area contributed by atoms with Crippen molar-refractivity contribution in [1.82, 2.24) is 4.90 Å². The molecule has 1 saturated carbocycles. The number of fused-ring (bicyclic) bond motifs is 1. The van der Waals surface area contributed by atoms with Gasteiger partial charge in [-0.2, -0.15) is 0 Å². The Morgan fingerprint density at radius 2 is 1.96 bits per heavy atom. The first-order valence-electron chi connectivity index (χ1n) is 8.83. The van der Waals surface area contributed by atoms with Crippen LogP contribution in [0.25, 0.3) is 10.8 Å². The maximum atomic E-state index is 12.6. The van der Waals surface area contributed by atoms with Crippen molar-refractivity contribution in [2.45, 2.75) is 31.8 Å². The predicted molar refractivity (Wildman–Crippen MR) is 96.0 cm³/mol. The SMILES string of the molecule is C[C@@H]1CN(C(=O)Nc2ccc3ccccc3c2)CC[C@@]1(O)C1CC1. The van der Waals surface area contributed by atoms with Crippen molar-refractivity contribution in [3.63, 3.8) is 0 Å². The van der Waals surface area contributed by atoms with Crippen molar-refractivity contribution in [3.8, 4) is 0 Å². The van der Waals surface area contributed by atoms with Crippen LogP contribution in [0.5, 0.6) is 0 Å². The van der Waals surface area contributed by atoms with Gasteiger partial charge in [-0.05, 0) is 48.1 Å². The Balaban J connectivity index is 1.44. The number of amides is 2. The lowest BCUT2D eigenvalue weighted by atomic mass is 9.78. The zero-order chi connectivity index (χ0) is 16.7. The molecule has 0 bridgehead atoms. The van der Waals surface area contributed by atoms with Gasteiger partial charge in [-0.3, -0.25) is 0 Å². The highest BCUT2D eigenvalue weighted by atomic mass is 16.3. The lowest BCUT2D eigenvalue weighted by molar-refractivity contribution is -0.0724. The van der Waals surface area contributed by atoms with Crippen LogP contribution in [0.1, 0.15) is 26.2 Å². The summed E-state index contributed by atoms with van der Waals surface area (Å²) in [5, 5.41) is 16.1. The van der Waals surface area contributed by atoms with Gasteiger partial charge in [0.1, 0.15) is 0 Å². The first kappa shape index (κ1) is 15.5. The summed E-state index contributed by atoms with van der Waals surface area (Å²) in [4.78, 5) is 14.4. The molecule has 126 valence electrons.